The molecule has 1 fully saturated rings. The summed E-state index contributed by atoms with van der Waals surface area (Å²) >= 11 is 0. The fraction of sp³-hybridized carbons (Fsp3) is 0.684. The minimum absolute atomic E-state index is 0.305. The van der Waals surface area contributed by atoms with Crippen LogP contribution in [0.15, 0.2) is 30.3 Å². The highest BCUT2D eigenvalue weighted by Gasteiger charge is 2.40. The number of unbranched alkanes of at least 4 members (excludes halogenated alkanes) is 2. The third kappa shape index (κ3) is 6.65. The second-order valence-electron chi connectivity index (χ2n) is 6.30. The van der Waals surface area contributed by atoms with E-state index < -0.39 is 8.56 Å². The molecule has 1 saturated heterocycles. The molecular weight excluding hydrogens is 320 g/mol. The second kappa shape index (κ2) is 11.0. The maximum Gasteiger partial charge on any atom is 0.374 e. The Morgan fingerprint density at radius 1 is 1.00 bits per heavy atom. The zero-order valence-corrected chi connectivity index (χ0v) is 16.2. The summed E-state index contributed by atoms with van der Waals surface area (Å²) in [5.41, 5.74) is 0. The van der Waals surface area contributed by atoms with Crippen molar-refractivity contribution in [2.24, 2.45) is 0 Å². The molecule has 1 unspecified atom stereocenters. The van der Waals surface area contributed by atoms with Crippen LogP contribution >= 0.6 is 0 Å². The zero-order chi connectivity index (χ0) is 17.1. The topological polar surface area (TPSA) is 40.2 Å². The molecule has 5 heteroatoms. The van der Waals surface area contributed by atoms with Crippen LogP contribution in [0.5, 0.6) is 0 Å². The summed E-state index contributed by atoms with van der Waals surface area (Å²) < 4.78 is 23.9. The minimum Gasteiger partial charge on any atom is -0.391 e. The first-order valence-electron chi connectivity index (χ1n) is 9.33. The lowest BCUT2D eigenvalue weighted by Gasteiger charge is -2.31. The molecule has 2 rings (SSSR count). The van der Waals surface area contributed by atoms with E-state index in [-0.39, 0.29) is 0 Å². The minimum atomic E-state index is -2.46. The average molecular weight is 353 g/mol. The highest BCUT2D eigenvalue weighted by atomic mass is 28.4. The summed E-state index contributed by atoms with van der Waals surface area (Å²) in [5.74, 6) is 0. The van der Waals surface area contributed by atoms with Gasteiger partial charge in [-0.15, -0.1) is 0 Å². The van der Waals surface area contributed by atoms with Crippen molar-refractivity contribution in [3.8, 4) is 0 Å². The Hall–Kier alpha value is -0.723. The van der Waals surface area contributed by atoms with Crippen LogP contribution in [-0.2, 0) is 18.3 Å². The molecule has 0 aromatic heterocycles. The molecule has 0 bridgehead atoms. The van der Waals surface area contributed by atoms with E-state index in [1.807, 2.05) is 6.07 Å². The highest BCUT2D eigenvalue weighted by Crippen LogP contribution is 2.17. The monoisotopic (exact) mass is 352 g/mol. The Morgan fingerprint density at radius 3 is 2.17 bits per heavy atom. The second-order valence-corrected chi connectivity index (χ2v) is 9.46. The quantitative estimate of drug-likeness (QED) is 0.292. The van der Waals surface area contributed by atoms with E-state index in [0.717, 1.165) is 51.5 Å². The van der Waals surface area contributed by atoms with Crippen molar-refractivity contribution in [1.82, 2.24) is 0 Å². The van der Waals surface area contributed by atoms with Gasteiger partial charge in [0.25, 0.3) is 0 Å². The van der Waals surface area contributed by atoms with Crippen LogP contribution in [-0.4, -0.2) is 47.7 Å². The Morgan fingerprint density at radius 2 is 1.62 bits per heavy atom. The number of benzene rings is 1. The first-order chi connectivity index (χ1) is 11.8. The SMILES string of the molecule is CCCCO[Si](CCOCC1CO1)(OCCCC)c1ccccc1. The summed E-state index contributed by atoms with van der Waals surface area (Å²) in [5, 5.41) is 1.21. The summed E-state index contributed by atoms with van der Waals surface area (Å²) in [6.45, 7) is 8.08. The molecule has 24 heavy (non-hydrogen) atoms. The molecule has 4 nitrogen and oxygen atoms in total. The van der Waals surface area contributed by atoms with Crippen molar-refractivity contribution >= 4 is 13.7 Å². The van der Waals surface area contributed by atoms with Crippen LogP contribution in [0, 0.1) is 0 Å². The number of epoxide rings is 1. The van der Waals surface area contributed by atoms with Crippen molar-refractivity contribution < 1.29 is 18.3 Å². The maximum absolute atomic E-state index is 6.43. The number of hydrogen-bond donors (Lipinski definition) is 0. The lowest BCUT2D eigenvalue weighted by atomic mass is 10.4. The van der Waals surface area contributed by atoms with Crippen molar-refractivity contribution in [3.63, 3.8) is 0 Å². The van der Waals surface area contributed by atoms with Gasteiger partial charge in [0.15, 0.2) is 0 Å². The van der Waals surface area contributed by atoms with Crippen molar-refractivity contribution in [2.75, 3.05) is 33.0 Å². The molecule has 0 radical (unpaired) electrons. The molecule has 0 saturated carbocycles. The van der Waals surface area contributed by atoms with Crippen molar-refractivity contribution in [1.29, 1.82) is 0 Å². The van der Waals surface area contributed by atoms with Gasteiger partial charge < -0.3 is 18.3 Å². The van der Waals surface area contributed by atoms with Crippen LogP contribution in [0.3, 0.4) is 0 Å². The third-order valence-corrected chi connectivity index (χ3v) is 7.58. The lowest BCUT2D eigenvalue weighted by Crippen LogP contribution is -2.55. The van der Waals surface area contributed by atoms with Gasteiger partial charge in [0, 0.05) is 25.9 Å². The standard InChI is InChI=1S/C19H32O4Si/c1-3-5-12-22-24(23-13-6-4-2,19-10-8-7-9-11-19)15-14-20-16-18-17-21-18/h7-11,18H,3-6,12-17H2,1-2H3. The summed E-state index contributed by atoms with van der Waals surface area (Å²) in [6.07, 6.45) is 4.69. The van der Waals surface area contributed by atoms with Gasteiger partial charge in [-0.2, -0.15) is 0 Å². The van der Waals surface area contributed by atoms with Gasteiger partial charge in [-0.25, -0.2) is 0 Å². The van der Waals surface area contributed by atoms with E-state index >= 15 is 0 Å². The summed E-state index contributed by atoms with van der Waals surface area (Å²) in [7, 11) is -2.46. The molecule has 136 valence electrons. The Labute approximate surface area is 147 Å². The highest BCUT2D eigenvalue weighted by molar-refractivity contribution is 6.81. The Bertz CT molecular complexity index is 426. The molecular formula is C19H32O4Si. The van der Waals surface area contributed by atoms with Crippen LogP contribution < -0.4 is 5.19 Å². The molecule has 1 aliphatic heterocycles. The smallest absolute Gasteiger partial charge is 0.374 e. The summed E-state index contributed by atoms with van der Waals surface area (Å²) in [6, 6.07) is 11.3. The van der Waals surface area contributed by atoms with Gasteiger partial charge >= 0.3 is 8.56 Å². The molecule has 1 aliphatic rings. The Balaban J connectivity index is 2.02. The fourth-order valence-electron chi connectivity index (χ4n) is 2.54. The number of ether oxygens (including phenoxy) is 2. The predicted molar refractivity (Wildman–Crippen MR) is 98.9 cm³/mol. The van der Waals surface area contributed by atoms with E-state index in [2.05, 4.69) is 38.1 Å². The molecule has 1 aromatic rings. The van der Waals surface area contributed by atoms with Crippen LogP contribution in [0.2, 0.25) is 6.04 Å². The number of rotatable bonds is 14. The first kappa shape index (κ1) is 19.6. The first-order valence-corrected chi connectivity index (χ1v) is 11.4. The molecule has 0 amide bonds. The largest absolute Gasteiger partial charge is 0.391 e. The van der Waals surface area contributed by atoms with Gasteiger partial charge in [0.2, 0.25) is 0 Å². The lowest BCUT2D eigenvalue weighted by molar-refractivity contribution is 0.112. The number of hydrogen-bond acceptors (Lipinski definition) is 4. The summed E-state index contributed by atoms with van der Waals surface area (Å²) in [4.78, 5) is 0. The molecule has 1 heterocycles. The molecule has 0 N–H and O–H groups in total. The van der Waals surface area contributed by atoms with E-state index in [9.17, 15) is 0 Å². The molecule has 0 aliphatic carbocycles. The molecule has 1 aromatic carbocycles. The van der Waals surface area contributed by atoms with E-state index in [1.165, 1.54) is 5.19 Å². The molecule has 0 spiro atoms. The third-order valence-electron chi connectivity index (χ3n) is 4.16. The average Bonchev–Trinajstić information content (AvgIpc) is 3.44. The van der Waals surface area contributed by atoms with Crippen molar-refractivity contribution in [2.45, 2.75) is 51.7 Å². The van der Waals surface area contributed by atoms with E-state index in [1.54, 1.807) is 0 Å². The zero-order valence-electron chi connectivity index (χ0n) is 15.2. The van der Waals surface area contributed by atoms with Gasteiger partial charge in [0.1, 0.15) is 6.10 Å². The Kier molecular flexibility index (Phi) is 8.98. The van der Waals surface area contributed by atoms with Gasteiger partial charge in [-0.3, -0.25) is 0 Å². The van der Waals surface area contributed by atoms with E-state index in [0.29, 0.717) is 19.3 Å². The van der Waals surface area contributed by atoms with Crippen LogP contribution in [0.4, 0.5) is 0 Å². The van der Waals surface area contributed by atoms with Gasteiger partial charge in [-0.1, -0.05) is 57.0 Å². The van der Waals surface area contributed by atoms with Crippen molar-refractivity contribution in [3.05, 3.63) is 30.3 Å². The predicted octanol–water partition coefficient (Wildman–Crippen LogP) is 3.38. The van der Waals surface area contributed by atoms with Crippen LogP contribution in [0.1, 0.15) is 39.5 Å². The van der Waals surface area contributed by atoms with Gasteiger partial charge in [0.05, 0.1) is 13.2 Å². The fourth-order valence-corrected chi connectivity index (χ4v) is 5.59. The maximum atomic E-state index is 6.43. The van der Waals surface area contributed by atoms with Crippen LogP contribution in [0.25, 0.3) is 0 Å². The van der Waals surface area contributed by atoms with Gasteiger partial charge in [-0.05, 0) is 18.0 Å². The van der Waals surface area contributed by atoms with E-state index in [4.69, 9.17) is 18.3 Å². The molecule has 1 atom stereocenters. The normalized spacial score (nSPS) is 17.2.